The van der Waals surface area contributed by atoms with E-state index in [-0.39, 0.29) is 5.76 Å². The zero-order chi connectivity index (χ0) is 18.7. The Hall–Kier alpha value is -2.98. The summed E-state index contributed by atoms with van der Waals surface area (Å²) < 4.78 is 66.9. The number of pyridine rings is 1. The van der Waals surface area contributed by atoms with Gasteiger partial charge in [0.1, 0.15) is 17.9 Å². The summed E-state index contributed by atoms with van der Waals surface area (Å²) in [6.07, 6.45) is -4.83. The second kappa shape index (κ2) is 6.87. The quantitative estimate of drug-likeness (QED) is 0.644. The molecule has 0 bridgehead atoms. The van der Waals surface area contributed by atoms with Crippen LogP contribution in [-0.4, -0.2) is 23.2 Å². The summed E-state index contributed by atoms with van der Waals surface area (Å²) in [5.41, 5.74) is -1.14. The fourth-order valence-corrected chi connectivity index (χ4v) is 1.79. The van der Waals surface area contributed by atoms with Crippen LogP contribution in [0.15, 0.2) is 45.9 Å². The maximum absolute atomic E-state index is 13.1. The van der Waals surface area contributed by atoms with Crippen LogP contribution in [0.5, 0.6) is 0 Å². The van der Waals surface area contributed by atoms with Crippen LogP contribution in [0.2, 0.25) is 0 Å². The predicted molar refractivity (Wildman–Crippen MR) is 76.0 cm³/mol. The minimum Gasteiger partial charge on any atom is -0.421 e. The fraction of sp³-hybridized carbons (Fsp3) is 0.214. The number of rotatable bonds is 4. The van der Waals surface area contributed by atoms with Gasteiger partial charge in [0.25, 0.3) is 0 Å². The molecule has 0 aliphatic heterocycles. The standard InChI is InChI=1S/C14H10F5N3O3/c15-13(16,17)7-14(18,19)22-12(24)21-9-3-4-10(25-11(9)23)8-2-1-5-20-6-8/h1-6H,7H2,(H2,21,22,24). The highest BCUT2D eigenvalue weighted by atomic mass is 19.4. The first-order valence-electron chi connectivity index (χ1n) is 6.64. The summed E-state index contributed by atoms with van der Waals surface area (Å²) in [6.45, 7) is 0. The largest absolute Gasteiger partial charge is 0.421 e. The van der Waals surface area contributed by atoms with Gasteiger partial charge in [0.05, 0.1) is 0 Å². The molecule has 0 saturated carbocycles. The third-order valence-electron chi connectivity index (χ3n) is 2.74. The number of alkyl halides is 5. The van der Waals surface area contributed by atoms with Crippen LogP contribution >= 0.6 is 0 Å². The number of nitrogens with zero attached hydrogens (tertiary/aromatic N) is 1. The summed E-state index contributed by atoms with van der Waals surface area (Å²) in [7, 11) is 0. The molecule has 25 heavy (non-hydrogen) atoms. The maximum Gasteiger partial charge on any atom is 0.396 e. The zero-order valence-corrected chi connectivity index (χ0v) is 12.2. The zero-order valence-electron chi connectivity index (χ0n) is 12.2. The Kier molecular flexibility index (Phi) is 5.04. The number of halogens is 5. The third-order valence-corrected chi connectivity index (χ3v) is 2.74. The number of carbonyl (C=O) groups excluding carboxylic acids is 1. The lowest BCUT2D eigenvalue weighted by Gasteiger charge is -2.19. The van der Waals surface area contributed by atoms with Crippen molar-refractivity contribution in [1.29, 1.82) is 0 Å². The van der Waals surface area contributed by atoms with Gasteiger partial charge in [-0.1, -0.05) is 0 Å². The Morgan fingerprint density at radius 3 is 2.44 bits per heavy atom. The molecule has 2 N–H and O–H groups in total. The molecule has 0 aliphatic carbocycles. The van der Waals surface area contributed by atoms with Crippen molar-refractivity contribution < 1.29 is 31.2 Å². The van der Waals surface area contributed by atoms with Gasteiger partial charge in [-0.05, 0) is 24.3 Å². The van der Waals surface area contributed by atoms with Crippen LogP contribution in [-0.2, 0) is 0 Å². The van der Waals surface area contributed by atoms with E-state index in [4.69, 9.17) is 4.42 Å². The Morgan fingerprint density at radius 1 is 1.16 bits per heavy atom. The highest BCUT2D eigenvalue weighted by Crippen LogP contribution is 2.29. The minimum atomic E-state index is -5.18. The first kappa shape index (κ1) is 18.4. The lowest BCUT2D eigenvalue weighted by atomic mass is 10.2. The summed E-state index contributed by atoms with van der Waals surface area (Å²) in [6, 6.07) is -0.716. The molecule has 0 radical (unpaired) electrons. The highest BCUT2D eigenvalue weighted by molar-refractivity contribution is 5.89. The number of hydrogen-bond donors (Lipinski definition) is 2. The first-order valence-corrected chi connectivity index (χ1v) is 6.64. The number of carbonyl (C=O) groups is 1. The van der Waals surface area contributed by atoms with Gasteiger partial charge in [0, 0.05) is 18.0 Å². The van der Waals surface area contributed by atoms with Gasteiger partial charge < -0.3 is 9.73 Å². The molecule has 2 rings (SSSR count). The molecule has 2 amide bonds. The molecular weight excluding hydrogens is 353 g/mol. The number of hydrogen-bond acceptors (Lipinski definition) is 4. The first-order chi connectivity index (χ1) is 11.6. The number of nitrogens with one attached hydrogen (secondary N) is 2. The normalized spacial score (nSPS) is 11.9. The molecule has 0 unspecified atom stereocenters. The van der Waals surface area contributed by atoms with Crippen molar-refractivity contribution in [2.24, 2.45) is 0 Å². The molecule has 0 fully saturated rings. The lowest BCUT2D eigenvalue weighted by Crippen LogP contribution is -2.46. The van der Waals surface area contributed by atoms with Crippen molar-refractivity contribution in [1.82, 2.24) is 10.3 Å². The number of aromatic nitrogens is 1. The van der Waals surface area contributed by atoms with E-state index in [1.807, 2.05) is 0 Å². The number of urea groups is 1. The number of anilines is 1. The van der Waals surface area contributed by atoms with E-state index in [1.165, 1.54) is 18.5 Å². The molecule has 0 aromatic carbocycles. The van der Waals surface area contributed by atoms with E-state index in [0.29, 0.717) is 5.56 Å². The summed E-state index contributed by atoms with van der Waals surface area (Å²) >= 11 is 0. The average molecular weight is 363 g/mol. The van der Waals surface area contributed by atoms with Crippen molar-refractivity contribution in [2.75, 3.05) is 5.32 Å². The van der Waals surface area contributed by atoms with Crippen LogP contribution in [0.3, 0.4) is 0 Å². The van der Waals surface area contributed by atoms with Crippen molar-refractivity contribution in [3.63, 3.8) is 0 Å². The Labute approximate surface area is 136 Å². The SMILES string of the molecule is O=C(Nc1ccc(-c2cccnc2)oc1=O)NC(F)(F)CC(F)(F)F. The van der Waals surface area contributed by atoms with E-state index >= 15 is 0 Å². The smallest absolute Gasteiger partial charge is 0.396 e. The average Bonchev–Trinajstić information content (AvgIpc) is 2.47. The van der Waals surface area contributed by atoms with Gasteiger partial charge >= 0.3 is 23.9 Å². The topological polar surface area (TPSA) is 84.2 Å². The summed E-state index contributed by atoms with van der Waals surface area (Å²) in [5.74, 6) is 0.103. The van der Waals surface area contributed by atoms with Crippen molar-refractivity contribution in [3.05, 3.63) is 47.1 Å². The van der Waals surface area contributed by atoms with E-state index < -0.39 is 36.0 Å². The Balaban J connectivity index is 2.08. The van der Waals surface area contributed by atoms with Gasteiger partial charge in [-0.15, -0.1) is 0 Å². The molecule has 0 saturated heterocycles. The molecule has 2 aromatic heterocycles. The van der Waals surface area contributed by atoms with Gasteiger partial charge in [-0.3, -0.25) is 10.3 Å². The van der Waals surface area contributed by atoms with Gasteiger partial charge in [-0.25, -0.2) is 9.59 Å². The van der Waals surface area contributed by atoms with Crippen LogP contribution in [0, 0.1) is 0 Å². The van der Waals surface area contributed by atoms with Crippen LogP contribution in [0.1, 0.15) is 6.42 Å². The van der Waals surface area contributed by atoms with Gasteiger partial charge in [0.2, 0.25) is 0 Å². The van der Waals surface area contributed by atoms with E-state index in [9.17, 15) is 31.5 Å². The lowest BCUT2D eigenvalue weighted by molar-refractivity contribution is -0.192. The third kappa shape index (κ3) is 5.55. The van der Waals surface area contributed by atoms with Crippen molar-refractivity contribution in [2.45, 2.75) is 18.6 Å². The molecular formula is C14H10F5N3O3. The van der Waals surface area contributed by atoms with Crippen LogP contribution in [0.25, 0.3) is 11.3 Å². The molecule has 0 aliphatic rings. The van der Waals surface area contributed by atoms with E-state index in [0.717, 1.165) is 11.4 Å². The van der Waals surface area contributed by atoms with Crippen LogP contribution < -0.4 is 16.3 Å². The maximum atomic E-state index is 13.1. The second-order valence-electron chi connectivity index (χ2n) is 4.82. The van der Waals surface area contributed by atoms with Gasteiger partial charge in [-0.2, -0.15) is 22.0 Å². The molecule has 0 spiro atoms. The molecule has 6 nitrogen and oxygen atoms in total. The predicted octanol–water partition coefficient (Wildman–Crippen LogP) is 3.37. The Morgan fingerprint density at radius 2 is 1.88 bits per heavy atom. The Bertz CT molecular complexity index is 805. The molecule has 11 heteroatoms. The monoisotopic (exact) mass is 363 g/mol. The van der Waals surface area contributed by atoms with Crippen molar-refractivity contribution >= 4 is 11.7 Å². The fourth-order valence-electron chi connectivity index (χ4n) is 1.79. The highest BCUT2D eigenvalue weighted by Gasteiger charge is 2.44. The number of amides is 2. The van der Waals surface area contributed by atoms with Crippen molar-refractivity contribution in [3.8, 4) is 11.3 Å². The summed E-state index contributed by atoms with van der Waals surface area (Å²) in [5, 5.41) is 2.55. The summed E-state index contributed by atoms with van der Waals surface area (Å²) in [4.78, 5) is 26.9. The van der Waals surface area contributed by atoms with Gasteiger partial charge in [0.15, 0.2) is 0 Å². The van der Waals surface area contributed by atoms with Crippen LogP contribution in [0.4, 0.5) is 32.4 Å². The van der Waals surface area contributed by atoms with E-state index in [1.54, 1.807) is 17.4 Å². The molecule has 2 aromatic rings. The minimum absolute atomic E-state index is 0.103. The molecule has 134 valence electrons. The van der Waals surface area contributed by atoms with E-state index in [2.05, 4.69) is 4.98 Å². The molecule has 2 heterocycles. The molecule has 0 atom stereocenters. The second-order valence-corrected chi connectivity index (χ2v) is 4.82.